The largest absolute Gasteiger partial charge is 0.312 e. The van der Waals surface area contributed by atoms with E-state index in [1.165, 1.54) is 18.5 Å². The predicted molar refractivity (Wildman–Crippen MR) is 63.2 cm³/mol. The SMILES string of the molecule is Fc1cc(Cl)cc(CNCCc2ncn[nH]2)c1. The Hall–Kier alpha value is -1.46. The van der Waals surface area contributed by atoms with Gasteiger partial charge in [-0.2, -0.15) is 5.10 Å². The number of aromatic nitrogens is 3. The van der Waals surface area contributed by atoms with Crippen molar-refractivity contribution < 1.29 is 4.39 Å². The van der Waals surface area contributed by atoms with Crippen molar-refractivity contribution in [2.75, 3.05) is 6.54 Å². The van der Waals surface area contributed by atoms with Gasteiger partial charge in [0.05, 0.1) is 0 Å². The van der Waals surface area contributed by atoms with Crippen molar-refractivity contribution in [2.24, 2.45) is 0 Å². The minimum atomic E-state index is -0.315. The molecule has 0 radical (unpaired) electrons. The number of aromatic amines is 1. The third-order valence-corrected chi connectivity index (χ3v) is 2.47. The molecule has 1 aromatic carbocycles. The van der Waals surface area contributed by atoms with Crippen molar-refractivity contribution in [3.8, 4) is 0 Å². The van der Waals surface area contributed by atoms with Crippen molar-refractivity contribution in [1.29, 1.82) is 0 Å². The minimum Gasteiger partial charge on any atom is -0.312 e. The Kier molecular flexibility index (Phi) is 4.06. The van der Waals surface area contributed by atoms with Gasteiger partial charge >= 0.3 is 0 Å². The van der Waals surface area contributed by atoms with Crippen LogP contribution in [0.3, 0.4) is 0 Å². The molecular weight excluding hydrogens is 243 g/mol. The summed E-state index contributed by atoms with van der Waals surface area (Å²) in [4.78, 5) is 4.00. The monoisotopic (exact) mass is 254 g/mol. The molecule has 2 N–H and O–H groups in total. The summed E-state index contributed by atoms with van der Waals surface area (Å²) >= 11 is 5.75. The molecule has 0 saturated carbocycles. The lowest BCUT2D eigenvalue weighted by Crippen LogP contribution is -2.17. The van der Waals surface area contributed by atoms with Crippen LogP contribution in [0.5, 0.6) is 0 Å². The molecular formula is C11H12ClFN4. The number of hydrogen-bond acceptors (Lipinski definition) is 3. The number of nitrogens with zero attached hydrogens (tertiary/aromatic N) is 2. The van der Waals surface area contributed by atoms with Gasteiger partial charge in [-0.15, -0.1) is 0 Å². The molecule has 0 fully saturated rings. The van der Waals surface area contributed by atoms with Crippen LogP contribution in [0.25, 0.3) is 0 Å². The van der Waals surface area contributed by atoms with E-state index < -0.39 is 0 Å². The van der Waals surface area contributed by atoms with Crippen LogP contribution in [-0.4, -0.2) is 21.7 Å². The van der Waals surface area contributed by atoms with E-state index in [1.54, 1.807) is 6.07 Å². The van der Waals surface area contributed by atoms with Crippen LogP contribution in [0, 0.1) is 5.82 Å². The molecule has 0 aliphatic heterocycles. The maximum Gasteiger partial charge on any atom is 0.137 e. The van der Waals surface area contributed by atoms with E-state index in [-0.39, 0.29) is 5.82 Å². The molecule has 4 nitrogen and oxygen atoms in total. The van der Waals surface area contributed by atoms with Gasteiger partial charge in [-0.1, -0.05) is 11.6 Å². The van der Waals surface area contributed by atoms with Crippen molar-refractivity contribution >= 4 is 11.6 Å². The molecule has 17 heavy (non-hydrogen) atoms. The van der Waals surface area contributed by atoms with E-state index in [9.17, 15) is 4.39 Å². The fourth-order valence-electron chi connectivity index (χ4n) is 1.50. The van der Waals surface area contributed by atoms with Crippen LogP contribution in [0.1, 0.15) is 11.4 Å². The van der Waals surface area contributed by atoms with Crippen LogP contribution in [-0.2, 0) is 13.0 Å². The van der Waals surface area contributed by atoms with Gasteiger partial charge in [0.15, 0.2) is 0 Å². The van der Waals surface area contributed by atoms with Crippen molar-refractivity contribution in [2.45, 2.75) is 13.0 Å². The fraction of sp³-hybridized carbons (Fsp3) is 0.273. The van der Waals surface area contributed by atoms with Crippen LogP contribution in [0.2, 0.25) is 5.02 Å². The molecule has 1 aromatic heterocycles. The number of rotatable bonds is 5. The summed E-state index contributed by atoms with van der Waals surface area (Å²) in [7, 11) is 0. The molecule has 0 bridgehead atoms. The number of nitrogens with one attached hydrogen (secondary N) is 2. The van der Waals surface area contributed by atoms with E-state index in [0.29, 0.717) is 11.6 Å². The van der Waals surface area contributed by atoms with Gasteiger partial charge in [0.2, 0.25) is 0 Å². The zero-order valence-electron chi connectivity index (χ0n) is 9.08. The molecule has 2 rings (SSSR count). The first-order valence-corrected chi connectivity index (χ1v) is 5.62. The van der Waals surface area contributed by atoms with Gasteiger partial charge in [0.1, 0.15) is 18.0 Å². The number of H-pyrrole nitrogens is 1. The summed E-state index contributed by atoms with van der Waals surface area (Å²) in [5, 5.41) is 10.1. The molecule has 6 heteroatoms. The standard InChI is InChI=1S/C11H12ClFN4/c12-9-3-8(4-10(13)5-9)6-14-2-1-11-15-7-16-17-11/h3-5,7,14H,1-2,6H2,(H,15,16,17). The smallest absolute Gasteiger partial charge is 0.137 e. The Morgan fingerprint density at radius 3 is 2.94 bits per heavy atom. The number of hydrogen-bond donors (Lipinski definition) is 2. The second-order valence-corrected chi connectivity index (χ2v) is 4.07. The summed E-state index contributed by atoms with van der Waals surface area (Å²) in [5.74, 6) is 0.513. The molecule has 0 aliphatic rings. The van der Waals surface area contributed by atoms with Gasteiger partial charge in [-0.25, -0.2) is 9.37 Å². The van der Waals surface area contributed by atoms with Crippen LogP contribution in [0.15, 0.2) is 24.5 Å². The summed E-state index contributed by atoms with van der Waals surface area (Å²) in [6, 6.07) is 4.50. The molecule has 0 unspecified atom stereocenters. The van der Waals surface area contributed by atoms with Crippen molar-refractivity contribution in [3.63, 3.8) is 0 Å². The molecule has 0 saturated heterocycles. The van der Waals surface area contributed by atoms with Gasteiger partial charge in [-0.3, -0.25) is 5.10 Å². The van der Waals surface area contributed by atoms with E-state index in [4.69, 9.17) is 11.6 Å². The first-order valence-electron chi connectivity index (χ1n) is 5.24. The third-order valence-electron chi connectivity index (χ3n) is 2.25. The molecule has 2 aromatic rings. The maximum absolute atomic E-state index is 13.0. The summed E-state index contributed by atoms with van der Waals surface area (Å²) in [6.07, 6.45) is 2.23. The normalized spacial score (nSPS) is 10.7. The lowest BCUT2D eigenvalue weighted by Gasteiger charge is -2.04. The Balaban J connectivity index is 1.78. The highest BCUT2D eigenvalue weighted by Crippen LogP contribution is 2.13. The molecule has 90 valence electrons. The minimum absolute atomic E-state index is 0.315. The lowest BCUT2D eigenvalue weighted by molar-refractivity contribution is 0.619. The van der Waals surface area contributed by atoms with Crippen molar-refractivity contribution in [3.05, 3.63) is 46.8 Å². The van der Waals surface area contributed by atoms with E-state index in [2.05, 4.69) is 20.5 Å². The predicted octanol–water partition coefficient (Wildman–Crippen LogP) is 1.93. The maximum atomic E-state index is 13.0. The fourth-order valence-corrected chi connectivity index (χ4v) is 1.75. The Morgan fingerprint density at radius 2 is 2.24 bits per heavy atom. The Bertz CT molecular complexity index is 452. The lowest BCUT2D eigenvalue weighted by atomic mass is 10.2. The van der Waals surface area contributed by atoms with Crippen LogP contribution < -0.4 is 5.32 Å². The summed E-state index contributed by atoms with van der Waals surface area (Å²) in [5.41, 5.74) is 0.826. The number of halogens is 2. The first kappa shape index (κ1) is 12.0. The van der Waals surface area contributed by atoms with Crippen LogP contribution in [0.4, 0.5) is 4.39 Å². The quantitative estimate of drug-likeness (QED) is 0.802. The molecule has 0 spiro atoms. The molecule has 0 amide bonds. The van der Waals surface area contributed by atoms with E-state index in [0.717, 1.165) is 24.4 Å². The second kappa shape index (κ2) is 5.75. The average Bonchev–Trinajstić information content (AvgIpc) is 2.76. The number of benzene rings is 1. The third kappa shape index (κ3) is 3.80. The van der Waals surface area contributed by atoms with Gasteiger partial charge in [0.25, 0.3) is 0 Å². The zero-order chi connectivity index (χ0) is 12.1. The average molecular weight is 255 g/mol. The van der Waals surface area contributed by atoms with Gasteiger partial charge in [-0.05, 0) is 23.8 Å². The highest BCUT2D eigenvalue weighted by molar-refractivity contribution is 6.30. The summed E-state index contributed by atoms with van der Waals surface area (Å²) < 4.78 is 13.0. The molecule has 1 heterocycles. The Labute approximate surface area is 103 Å². The van der Waals surface area contributed by atoms with Crippen LogP contribution >= 0.6 is 11.6 Å². The van der Waals surface area contributed by atoms with E-state index >= 15 is 0 Å². The zero-order valence-corrected chi connectivity index (χ0v) is 9.84. The molecule has 0 aliphatic carbocycles. The Morgan fingerprint density at radius 1 is 1.35 bits per heavy atom. The second-order valence-electron chi connectivity index (χ2n) is 3.64. The molecule has 0 atom stereocenters. The van der Waals surface area contributed by atoms with E-state index in [1.807, 2.05) is 0 Å². The van der Waals surface area contributed by atoms with Gasteiger partial charge in [0, 0.05) is 24.5 Å². The van der Waals surface area contributed by atoms with Crippen molar-refractivity contribution in [1.82, 2.24) is 20.5 Å². The van der Waals surface area contributed by atoms with Gasteiger partial charge < -0.3 is 5.32 Å². The highest BCUT2D eigenvalue weighted by Gasteiger charge is 2.00. The highest BCUT2D eigenvalue weighted by atomic mass is 35.5. The summed E-state index contributed by atoms with van der Waals surface area (Å²) in [6.45, 7) is 1.31. The topological polar surface area (TPSA) is 53.6 Å². The first-order chi connectivity index (χ1) is 8.24.